The molecule has 6 nitrogen and oxygen atoms in total. The van der Waals surface area contributed by atoms with Crippen molar-refractivity contribution >= 4 is 5.91 Å². The van der Waals surface area contributed by atoms with Gasteiger partial charge < -0.3 is 10.1 Å². The molecule has 0 bridgehead atoms. The van der Waals surface area contributed by atoms with E-state index in [9.17, 15) is 22.4 Å². The van der Waals surface area contributed by atoms with Crippen molar-refractivity contribution in [1.29, 1.82) is 0 Å². The maximum absolute atomic E-state index is 13.6. The quantitative estimate of drug-likeness (QED) is 0.463. The Bertz CT molecular complexity index is 1030. The maximum Gasteiger partial charge on any atom is 0.435 e. The van der Waals surface area contributed by atoms with Crippen molar-refractivity contribution in [2.24, 2.45) is 0 Å². The molecule has 0 saturated carbocycles. The monoisotopic (exact) mass is 422 g/mol. The number of hydrogen-bond acceptors (Lipinski definition) is 4. The van der Waals surface area contributed by atoms with E-state index in [2.05, 4.69) is 15.6 Å². The van der Waals surface area contributed by atoms with Crippen LogP contribution in [0.4, 0.5) is 17.6 Å². The van der Waals surface area contributed by atoms with Crippen LogP contribution in [0.15, 0.2) is 48.5 Å². The predicted molar refractivity (Wildman–Crippen MR) is 99.9 cm³/mol. The van der Waals surface area contributed by atoms with E-state index >= 15 is 0 Å². The molecule has 0 aliphatic heterocycles. The van der Waals surface area contributed by atoms with Crippen LogP contribution in [0, 0.1) is 12.7 Å². The first kappa shape index (κ1) is 21.3. The second-order valence-corrected chi connectivity index (χ2v) is 6.45. The Balaban J connectivity index is 1.65. The van der Waals surface area contributed by atoms with Gasteiger partial charge in [0, 0.05) is 6.54 Å². The Kier molecular flexibility index (Phi) is 6.34. The Hall–Kier alpha value is -3.43. The minimum Gasteiger partial charge on any atom is -0.494 e. The lowest BCUT2D eigenvalue weighted by molar-refractivity contribution is -0.143. The number of amides is 1. The molecule has 0 aliphatic carbocycles. The second-order valence-electron chi connectivity index (χ2n) is 6.45. The Morgan fingerprint density at radius 1 is 1.17 bits per heavy atom. The molecule has 1 N–H and O–H groups in total. The van der Waals surface area contributed by atoms with Gasteiger partial charge in [0.05, 0.1) is 12.3 Å². The third-order valence-electron chi connectivity index (χ3n) is 4.07. The Morgan fingerprint density at radius 2 is 1.93 bits per heavy atom. The molecule has 3 rings (SSSR count). The van der Waals surface area contributed by atoms with Crippen LogP contribution in [-0.4, -0.2) is 34.1 Å². The molecule has 0 atom stereocenters. The smallest absolute Gasteiger partial charge is 0.435 e. The summed E-state index contributed by atoms with van der Waals surface area (Å²) in [6.07, 6.45) is -4.55. The van der Waals surface area contributed by atoms with E-state index in [1.165, 1.54) is 12.1 Å². The standard InChI is InChI=1S/C20H18F4N4O2/c1-13-5-2-8-16(11-13)30-10-4-9-25-19(29)17-18(20(22,23)24)28(27-26-17)15-7-3-6-14(21)12-15/h2-3,5-8,11-12H,4,9-10H2,1H3,(H,25,29). The third kappa shape index (κ3) is 5.13. The van der Waals surface area contributed by atoms with E-state index in [0.717, 1.165) is 17.7 Å². The van der Waals surface area contributed by atoms with Gasteiger partial charge in [-0.1, -0.05) is 23.4 Å². The summed E-state index contributed by atoms with van der Waals surface area (Å²) in [5.41, 5.74) is -1.42. The fraction of sp³-hybridized carbons (Fsp3) is 0.250. The molecular formula is C20H18F4N4O2. The molecule has 3 aromatic rings. The lowest BCUT2D eigenvalue weighted by Crippen LogP contribution is -2.28. The summed E-state index contributed by atoms with van der Waals surface area (Å²) in [6.45, 7) is 2.27. The molecular weight excluding hydrogens is 404 g/mol. The number of benzene rings is 2. The largest absolute Gasteiger partial charge is 0.494 e. The molecule has 1 heterocycles. The Morgan fingerprint density at radius 3 is 2.63 bits per heavy atom. The average Bonchev–Trinajstić information content (AvgIpc) is 3.13. The zero-order valence-electron chi connectivity index (χ0n) is 15.9. The highest BCUT2D eigenvalue weighted by atomic mass is 19.4. The highest BCUT2D eigenvalue weighted by Gasteiger charge is 2.42. The first-order chi connectivity index (χ1) is 14.3. The van der Waals surface area contributed by atoms with Crippen molar-refractivity contribution in [2.75, 3.05) is 13.2 Å². The van der Waals surface area contributed by atoms with Crippen molar-refractivity contribution in [2.45, 2.75) is 19.5 Å². The molecule has 1 amide bonds. The predicted octanol–water partition coefficient (Wildman–Crippen LogP) is 3.93. The SMILES string of the molecule is Cc1cccc(OCCCNC(=O)c2nnn(-c3cccc(F)c3)c2C(F)(F)F)c1. The summed E-state index contributed by atoms with van der Waals surface area (Å²) in [7, 11) is 0. The van der Waals surface area contributed by atoms with E-state index in [1.807, 2.05) is 25.1 Å². The number of aromatic nitrogens is 3. The molecule has 0 aliphatic rings. The zero-order chi connectivity index (χ0) is 21.7. The first-order valence-electron chi connectivity index (χ1n) is 9.02. The fourth-order valence-corrected chi connectivity index (χ4v) is 2.73. The maximum atomic E-state index is 13.6. The van der Waals surface area contributed by atoms with Gasteiger partial charge in [-0.05, 0) is 49.2 Å². The van der Waals surface area contributed by atoms with Crippen LogP contribution < -0.4 is 10.1 Å². The van der Waals surface area contributed by atoms with Crippen LogP contribution in [0.25, 0.3) is 5.69 Å². The van der Waals surface area contributed by atoms with Crippen LogP contribution in [0.3, 0.4) is 0 Å². The molecule has 1 aromatic heterocycles. The van der Waals surface area contributed by atoms with E-state index in [0.29, 0.717) is 16.9 Å². The van der Waals surface area contributed by atoms with E-state index in [1.54, 1.807) is 6.07 Å². The third-order valence-corrected chi connectivity index (χ3v) is 4.07. The molecule has 0 radical (unpaired) electrons. The normalized spacial score (nSPS) is 11.4. The molecule has 30 heavy (non-hydrogen) atoms. The van der Waals surface area contributed by atoms with Gasteiger partial charge in [0.2, 0.25) is 0 Å². The highest BCUT2D eigenvalue weighted by Crippen LogP contribution is 2.32. The summed E-state index contributed by atoms with van der Waals surface area (Å²) < 4.78 is 60.0. The van der Waals surface area contributed by atoms with Gasteiger partial charge in [0.1, 0.15) is 11.6 Å². The number of carbonyl (C=O) groups is 1. The summed E-state index contributed by atoms with van der Waals surface area (Å²) in [6, 6.07) is 11.8. The van der Waals surface area contributed by atoms with Crippen LogP contribution >= 0.6 is 0 Å². The van der Waals surface area contributed by atoms with E-state index in [-0.39, 0.29) is 18.8 Å². The van der Waals surface area contributed by atoms with Crippen molar-refractivity contribution in [3.63, 3.8) is 0 Å². The van der Waals surface area contributed by atoms with Crippen LogP contribution in [0.2, 0.25) is 0 Å². The number of nitrogens with one attached hydrogen (secondary N) is 1. The number of hydrogen-bond donors (Lipinski definition) is 1. The minimum absolute atomic E-state index is 0.0781. The van der Waals surface area contributed by atoms with E-state index in [4.69, 9.17) is 4.74 Å². The summed E-state index contributed by atoms with van der Waals surface area (Å²) in [5, 5.41) is 9.15. The molecule has 158 valence electrons. The number of carbonyl (C=O) groups excluding carboxylic acids is 1. The molecule has 0 unspecified atom stereocenters. The zero-order valence-corrected chi connectivity index (χ0v) is 15.9. The van der Waals surface area contributed by atoms with Gasteiger partial charge in [-0.15, -0.1) is 5.10 Å². The van der Waals surface area contributed by atoms with Gasteiger partial charge in [-0.25, -0.2) is 9.07 Å². The van der Waals surface area contributed by atoms with Gasteiger partial charge >= 0.3 is 6.18 Å². The van der Waals surface area contributed by atoms with Gasteiger partial charge in [-0.2, -0.15) is 13.2 Å². The molecule has 0 spiro atoms. The first-order valence-corrected chi connectivity index (χ1v) is 9.02. The lowest BCUT2D eigenvalue weighted by atomic mass is 10.2. The van der Waals surface area contributed by atoms with Crippen molar-refractivity contribution < 1.29 is 27.1 Å². The van der Waals surface area contributed by atoms with Crippen LogP contribution in [0.5, 0.6) is 5.75 Å². The van der Waals surface area contributed by atoms with Crippen LogP contribution in [0.1, 0.15) is 28.2 Å². The number of ether oxygens (including phenoxy) is 1. The van der Waals surface area contributed by atoms with Crippen molar-refractivity contribution in [1.82, 2.24) is 20.3 Å². The molecule has 0 fully saturated rings. The van der Waals surface area contributed by atoms with Crippen molar-refractivity contribution in [3.05, 3.63) is 71.3 Å². The molecule has 0 saturated heterocycles. The number of alkyl halides is 3. The topological polar surface area (TPSA) is 69.0 Å². The minimum atomic E-state index is -4.92. The Labute approximate surface area is 169 Å². The van der Waals surface area contributed by atoms with Crippen molar-refractivity contribution in [3.8, 4) is 11.4 Å². The number of halogens is 4. The fourth-order valence-electron chi connectivity index (χ4n) is 2.73. The highest BCUT2D eigenvalue weighted by molar-refractivity contribution is 5.93. The average molecular weight is 422 g/mol. The van der Waals surface area contributed by atoms with Gasteiger partial charge in [0.25, 0.3) is 5.91 Å². The summed E-state index contributed by atoms with van der Waals surface area (Å²) in [4.78, 5) is 12.3. The van der Waals surface area contributed by atoms with Crippen LogP contribution in [-0.2, 0) is 6.18 Å². The second kappa shape index (κ2) is 8.93. The molecule has 2 aromatic carbocycles. The van der Waals surface area contributed by atoms with E-state index < -0.39 is 29.3 Å². The summed E-state index contributed by atoms with van der Waals surface area (Å²) >= 11 is 0. The van der Waals surface area contributed by atoms with Gasteiger partial charge in [-0.3, -0.25) is 4.79 Å². The number of nitrogens with zero attached hydrogens (tertiary/aromatic N) is 3. The lowest BCUT2D eigenvalue weighted by Gasteiger charge is -2.11. The number of aryl methyl sites for hydroxylation is 1. The molecule has 10 heteroatoms. The number of rotatable bonds is 7. The summed E-state index contributed by atoms with van der Waals surface area (Å²) in [5.74, 6) is -1.10. The van der Waals surface area contributed by atoms with Gasteiger partial charge in [0.15, 0.2) is 11.4 Å².